The summed E-state index contributed by atoms with van der Waals surface area (Å²) in [5.74, 6) is 0.142. The quantitative estimate of drug-likeness (QED) is 0.383. The first-order chi connectivity index (χ1) is 15.4. The average molecular weight is 446 g/mol. The topological polar surface area (TPSA) is 101 Å². The molecule has 4 rings (SSSR count). The Morgan fingerprint density at radius 3 is 2.19 bits per heavy atom. The first-order valence-corrected chi connectivity index (χ1v) is 10.6. The van der Waals surface area contributed by atoms with Crippen LogP contribution in [0.4, 0.5) is 10.8 Å². The zero-order valence-corrected chi connectivity index (χ0v) is 18.2. The highest BCUT2D eigenvalue weighted by molar-refractivity contribution is 7.14. The lowest BCUT2D eigenvalue weighted by Gasteiger charge is -2.03. The van der Waals surface area contributed by atoms with Gasteiger partial charge in [0, 0.05) is 34.7 Å². The van der Waals surface area contributed by atoms with E-state index in [1.165, 1.54) is 25.2 Å². The highest BCUT2D eigenvalue weighted by atomic mass is 32.1. The summed E-state index contributed by atoms with van der Waals surface area (Å²) in [4.78, 5) is 39.6. The Kier molecular flexibility index (Phi) is 5.96. The molecule has 8 heteroatoms. The molecule has 0 radical (unpaired) electrons. The van der Waals surface area contributed by atoms with Crippen LogP contribution in [-0.2, 0) is 4.79 Å². The van der Waals surface area contributed by atoms with Crippen molar-refractivity contribution in [3.8, 4) is 22.6 Å². The maximum absolute atomic E-state index is 12.6. The van der Waals surface area contributed by atoms with Crippen molar-refractivity contribution in [1.29, 1.82) is 0 Å². The summed E-state index contributed by atoms with van der Waals surface area (Å²) in [7, 11) is 0. The van der Waals surface area contributed by atoms with Gasteiger partial charge in [-0.2, -0.15) is 0 Å². The summed E-state index contributed by atoms with van der Waals surface area (Å²) < 4.78 is 5.69. The van der Waals surface area contributed by atoms with Gasteiger partial charge >= 0.3 is 0 Å². The van der Waals surface area contributed by atoms with Gasteiger partial charge in [0.05, 0.1) is 5.69 Å². The number of nitrogens with zero attached hydrogens (tertiary/aromatic N) is 1. The molecule has 0 aliphatic carbocycles. The number of nitrogens with one attached hydrogen (secondary N) is 2. The molecule has 0 fully saturated rings. The number of Topliss-reactive ketones (excluding diaryl/α,β-unsaturated/α-hetero) is 1. The molecule has 4 aromatic rings. The molecule has 0 saturated carbocycles. The number of carbonyl (C=O) groups is 3. The van der Waals surface area contributed by atoms with E-state index < -0.39 is 5.91 Å². The molecule has 2 heterocycles. The van der Waals surface area contributed by atoms with Crippen LogP contribution in [0, 0.1) is 0 Å². The SMILES string of the molecule is CC(=O)Nc1ccc(-c2csc(NC(=O)c3ccc(-c4ccc(C(C)=O)cc4)o3)n2)cc1. The molecule has 32 heavy (non-hydrogen) atoms. The lowest BCUT2D eigenvalue weighted by molar-refractivity contribution is -0.114. The van der Waals surface area contributed by atoms with E-state index in [-0.39, 0.29) is 17.5 Å². The minimum Gasteiger partial charge on any atom is -0.451 e. The molecule has 160 valence electrons. The van der Waals surface area contributed by atoms with E-state index in [0.717, 1.165) is 11.1 Å². The van der Waals surface area contributed by atoms with Gasteiger partial charge in [-0.1, -0.05) is 36.4 Å². The van der Waals surface area contributed by atoms with Gasteiger partial charge in [0.15, 0.2) is 16.7 Å². The molecule has 2 N–H and O–H groups in total. The van der Waals surface area contributed by atoms with Crippen LogP contribution in [0.5, 0.6) is 0 Å². The predicted molar refractivity (Wildman–Crippen MR) is 124 cm³/mol. The van der Waals surface area contributed by atoms with E-state index in [2.05, 4.69) is 15.6 Å². The van der Waals surface area contributed by atoms with E-state index in [0.29, 0.717) is 27.8 Å². The summed E-state index contributed by atoms with van der Waals surface area (Å²) in [5, 5.41) is 7.75. The summed E-state index contributed by atoms with van der Waals surface area (Å²) in [6.07, 6.45) is 0. The molecule has 2 aromatic carbocycles. The highest BCUT2D eigenvalue weighted by Gasteiger charge is 2.15. The number of rotatable bonds is 6. The van der Waals surface area contributed by atoms with Crippen molar-refractivity contribution in [2.75, 3.05) is 10.6 Å². The van der Waals surface area contributed by atoms with Crippen LogP contribution in [-0.4, -0.2) is 22.6 Å². The van der Waals surface area contributed by atoms with Crippen LogP contribution < -0.4 is 10.6 Å². The number of thiazole rings is 1. The van der Waals surface area contributed by atoms with Crippen LogP contribution in [0.1, 0.15) is 34.8 Å². The number of ketones is 1. The molecule has 0 atom stereocenters. The second kappa shape index (κ2) is 8.99. The smallest absolute Gasteiger partial charge is 0.293 e. The molecule has 2 aromatic heterocycles. The molecule has 7 nitrogen and oxygen atoms in total. The fourth-order valence-corrected chi connectivity index (χ4v) is 3.75. The van der Waals surface area contributed by atoms with Gasteiger partial charge < -0.3 is 9.73 Å². The Balaban J connectivity index is 1.43. The van der Waals surface area contributed by atoms with Crippen molar-refractivity contribution in [3.05, 3.63) is 77.4 Å². The number of amides is 2. The van der Waals surface area contributed by atoms with Gasteiger partial charge in [0.2, 0.25) is 5.91 Å². The van der Waals surface area contributed by atoms with E-state index in [9.17, 15) is 14.4 Å². The van der Waals surface area contributed by atoms with E-state index in [1.54, 1.807) is 48.5 Å². The molecule has 0 unspecified atom stereocenters. The second-order valence-electron chi connectivity index (χ2n) is 7.05. The van der Waals surface area contributed by atoms with Gasteiger partial charge in [-0.3, -0.25) is 19.7 Å². The van der Waals surface area contributed by atoms with Crippen LogP contribution in [0.25, 0.3) is 22.6 Å². The number of benzene rings is 2. The van der Waals surface area contributed by atoms with Crippen LogP contribution >= 0.6 is 11.3 Å². The number of hydrogen-bond acceptors (Lipinski definition) is 6. The van der Waals surface area contributed by atoms with E-state index >= 15 is 0 Å². The summed E-state index contributed by atoms with van der Waals surface area (Å²) in [5.41, 5.74) is 3.67. The monoisotopic (exact) mass is 445 g/mol. The molecule has 0 saturated heterocycles. The maximum Gasteiger partial charge on any atom is 0.293 e. The van der Waals surface area contributed by atoms with Crippen molar-refractivity contribution < 1.29 is 18.8 Å². The van der Waals surface area contributed by atoms with E-state index in [4.69, 9.17) is 4.42 Å². The van der Waals surface area contributed by atoms with Crippen molar-refractivity contribution >= 4 is 39.8 Å². The number of furan rings is 1. The number of carbonyl (C=O) groups excluding carboxylic acids is 3. The van der Waals surface area contributed by atoms with Crippen molar-refractivity contribution in [1.82, 2.24) is 4.98 Å². The summed E-state index contributed by atoms with van der Waals surface area (Å²) >= 11 is 1.30. The van der Waals surface area contributed by atoms with Gasteiger partial charge in [-0.15, -0.1) is 11.3 Å². The minimum absolute atomic E-state index is 0.0115. The molecular weight excluding hydrogens is 426 g/mol. The standard InChI is InChI=1S/C24H19N3O4S/c1-14(28)16-3-5-18(6-4-16)21-11-12-22(31-21)23(30)27-24-26-20(13-32-24)17-7-9-19(10-8-17)25-15(2)29/h3-13H,1-2H3,(H,25,29)(H,26,27,30). The van der Waals surface area contributed by atoms with Crippen LogP contribution in [0.2, 0.25) is 0 Å². The maximum atomic E-state index is 12.6. The lowest BCUT2D eigenvalue weighted by Crippen LogP contribution is -2.10. The molecule has 0 aliphatic rings. The molecule has 2 amide bonds. The molecule has 0 spiro atoms. The Morgan fingerprint density at radius 2 is 1.53 bits per heavy atom. The molecule has 0 bridgehead atoms. The second-order valence-corrected chi connectivity index (χ2v) is 7.91. The Bertz CT molecular complexity index is 1290. The van der Waals surface area contributed by atoms with Gasteiger partial charge in [0.1, 0.15) is 5.76 Å². The Hall–Kier alpha value is -4.04. The molecule has 0 aliphatic heterocycles. The van der Waals surface area contributed by atoms with Gasteiger partial charge in [0.25, 0.3) is 5.91 Å². The largest absolute Gasteiger partial charge is 0.451 e. The zero-order chi connectivity index (χ0) is 22.7. The normalized spacial score (nSPS) is 10.6. The fourth-order valence-electron chi connectivity index (χ4n) is 3.03. The van der Waals surface area contributed by atoms with Crippen molar-refractivity contribution in [3.63, 3.8) is 0 Å². The fraction of sp³-hybridized carbons (Fsp3) is 0.0833. The Morgan fingerprint density at radius 1 is 0.844 bits per heavy atom. The summed E-state index contributed by atoms with van der Waals surface area (Å²) in [6.45, 7) is 2.96. The third kappa shape index (κ3) is 4.81. The number of anilines is 2. The number of aromatic nitrogens is 1. The summed E-state index contributed by atoms with van der Waals surface area (Å²) in [6, 6.07) is 17.6. The zero-order valence-electron chi connectivity index (χ0n) is 17.3. The van der Waals surface area contributed by atoms with Crippen molar-refractivity contribution in [2.24, 2.45) is 0 Å². The van der Waals surface area contributed by atoms with Crippen LogP contribution in [0.3, 0.4) is 0 Å². The highest BCUT2D eigenvalue weighted by Crippen LogP contribution is 2.27. The van der Waals surface area contributed by atoms with Crippen molar-refractivity contribution in [2.45, 2.75) is 13.8 Å². The number of hydrogen-bond donors (Lipinski definition) is 2. The first-order valence-electron chi connectivity index (χ1n) is 9.75. The van der Waals surface area contributed by atoms with E-state index in [1.807, 2.05) is 17.5 Å². The lowest BCUT2D eigenvalue weighted by atomic mass is 10.1. The third-order valence-corrected chi connectivity index (χ3v) is 5.39. The van der Waals surface area contributed by atoms with Crippen LogP contribution in [0.15, 0.2) is 70.5 Å². The van der Waals surface area contributed by atoms with Gasteiger partial charge in [-0.25, -0.2) is 4.98 Å². The minimum atomic E-state index is -0.404. The average Bonchev–Trinajstić information content (AvgIpc) is 3.44. The molecular formula is C24H19N3O4S. The van der Waals surface area contributed by atoms with Gasteiger partial charge in [-0.05, 0) is 31.2 Å². The predicted octanol–water partition coefficient (Wildman–Crippen LogP) is 5.48. The first kappa shape index (κ1) is 21.2. The third-order valence-electron chi connectivity index (χ3n) is 4.63. The Labute approximate surface area is 188 Å².